The van der Waals surface area contributed by atoms with Crippen LogP contribution in [0.25, 0.3) is 0 Å². The topological polar surface area (TPSA) is 45.5 Å². The highest BCUT2D eigenvalue weighted by atomic mass is 16.2. The van der Waals surface area contributed by atoms with E-state index in [4.69, 9.17) is 0 Å². The number of rotatable bonds is 4. The molecule has 0 N–H and O–H groups in total. The van der Waals surface area contributed by atoms with Crippen LogP contribution in [0, 0.1) is 0 Å². The normalized spacial score (nSPS) is 25.0. The van der Waals surface area contributed by atoms with Crippen molar-refractivity contribution in [2.75, 3.05) is 26.2 Å². The molecule has 2 saturated heterocycles. The Morgan fingerprint density at radius 1 is 1.26 bits per heavy atom. The first-order chi connectivity index (χ1) is 11.1. The Morgan fingerprint density at radius 3 is 2.78 bits per heavy atom. The minimum Gasteiger partial charge on any atom is -0.339 e. The summed E-state index contributed by atoms with van der Waals surface area (Å²) in [5.41, 5.74) is -0.00857. The van der Waals surface area contributed by atoms with E-state index < -0.39 is 0 Å². The van der Waals surface area contributed by atoms with Crippen LogP contribution in [0.1, 0.15) is 25.7 Å². The predicted molar refractivity (Wildman–Crippen MR) is 90.3 cm³/mol. The molecule has 1 spiro atoms. The average molecular weight is 315 g/mol. The molecule has 3 heterocycles. The predicted octanol–water partition coefficient (Wildman–Crippen LogP) is 1.49. The lowest BCUT2D eigenvalue weighted by Gasteiger charge is -2.46. The van der Waals surface area contributed by atoms with E-state index in [1.807, 2.05) is 11.0 Å². The molecule has 0 bridgehead atoms. The molecular formula is C18H25N3O2. The van der Waals surface area contributed by atoms with Crippen LogP contribution < -0.4 is 5.56 Å². The van der Waals surface area contributed by atoms with Crippen molar-refractivity contribution in [2.45, 2.75) is 37.8 Å². The number of hydrogen-bond donors (Lipinski definition) is 0. The highest BCUT2D eigenvalue weighted by molar-refractivity contribution is 5.76. The molecule has 5 heteroatoms. The summed E-state index contributed by atoms with van der Waals surface area (Å²) in [4.78, 5) is 28.9. The SMILES string of the molecule is C=CCN1CCCC12CCCN(C(=O)Cn1ccccc1=O)C2. The fraction of sp³-hybridized carbons (Fsp3) is 0.556. The molecule has 23 heavy (non-hydrogen) atoms. The third-order valence-corrected chi connectivity index (χ3v) is 5.20. The smallest absolute Gasteiger partial charge is 0.250 e. The van der Waals surface area contributed by atoms with E-state index in [0.29, 0.717) is 0 Å². The number of likely N-dealkylation sites (tertiary alicyclic amines) is 2. The van der Waals surface area contributed by atoms with Crippen LogP contribution in [-0.2, 0) is 11.3 Å². The van der Waals surface area contributed by atoms with Crippen molar-refractivity contribution in [3.8, 4) is 0 Å². The number of piperidine rings is 1. The lowest BCUT2D eigenvalue weighted by atomic mass is 9.86. The summed E-state index contributed by atoms with van der Waals surface area (Å²) in [5, 5.41) is 0. The van der Waals surface area contributed by atoms with E-state index in [0.717, 1.165) is 45.4 Å². The molecule has 0 radical (unpaired) electrons. The van der Waals surface area contributed by atoms with Crippen LogP contribution in [-0.4, -0.2) is 52.0 Å². The minimum atomic E-state index is -0.123. The van der Waals surface area contributed by atoms with E-state index in [1.54, 1.807) is 18.3 Å². The number of amides is 1. The van der Waals surface area contributed by atoms with E-state index in [1.165, 1.54) is 17.1 Å². The zero-order valence-corrected chi connectivity index (χ0v) is 13.6. The summed E-state index contributed by atoms with van der Waals surface area (Å²) >= 11 is 0. The molecule has 1 unspecified atom stereocenters. The summed E-state index contributed by atoms with van der Waals surface area (Å²) in [6.45, 7) is 7.55. The van der Waals surface area contributed by atoms with Crippen LogP contribution in [0.4, 0.5) is 0 Å². The molecule has 0 aromatic carbocycles. The number of carbonyl (C=O) groups excluding carboxylic acids is 1. The Morgan fingerprint density at radius 2 is 2.04 bits per heavy atom. The Labute approximate surface area is 137 Å². The van der Waals surface area contributed by atoms with E-state index >= 15 is 0 Å². The maximum Gasteiger partial charge on any atom is 0.250 e. The number of carbonyl (C=O) groups is 1. The molecule has 2 aliphatic heterocycles. The van der Waals surface area contributed by atoms with E-state index in [2.05, 4.69) is 11.5 Å². The highest BCUT2D eigenvalue weighted by Crippen LogP contribution is 2.37. The first-order valence-electron chi connectivity index (χ1n) is 8.44. The molecular weight excluding hydrogens is 290 g/mol. The molecule has 1 atom stereocenters. The van der Waals surface area contributed by atoms with E-state index in [-0.39, 0.29) is 23.6 Å². The Balaban J connectivity index is 1.71. The van der Waals surface area contributed by atoms with Gasteiger partial charge in [0.1, 0.15) is 6.54 Å². The van der Waals surface area contributed by atoms with Gasteiger partial charge in [-0.15, -0.1) is 6.58 Å². The number of nitrogens with zero attached hydrogens (tertiary/aromatic N) is 3. The van der Waals surface area contributed by atoms with Gasteiger partial charge in [-0.25, -0.2) is 0 Å². The molecule has 1 amide bonds. The first-order valence-corrected chi connectivity index (χ1v) is 8.44. The molecule has 124 valence electrons. The fourth-order valence-corrected chi connectivity index (χ4v) is 4.06. The molecule has 5 nitrogen and oxygen atoms in total. The summed E-state index contributed by atoms with van der Waals surface area (Å²) in [6.07, 6.45) is 8.15. The Bertz CT molecular complexity index is 639. The molecule has 1 aromatic heterocycles. The zero-order chi connectivity index (χ0) is 16.3. The van der Waals surface area contributed by atoms with Gasteiger partial charge in [0.15, 0.2) is 0 Å². The fourth-order valence-electron chi connectivity index (χ4n) is 4.06. The monoisotopic (exact) mass is 315 g/mol. The van der Waals surface area contributed by atoms with Gasteiger partial charge in [-0.05, 0) is 38.3 Å². The lowest BCUT2D eigenvalue weighted by Crippen LogP contribution is -2.57. The third kappa shape index (κ3) is 3.24. The van der Waals surface area contributed by atoms with Crippen LogP contribution in [0.15, 0.2) is 41.8 Å². The van der Waals surface area contributed by atoms with Crippen LogP contribution in [0.5, 0.6) is 0 Å². The summed E-state index contributed by atoms with van der Waals surface area (Å²) in [7, 11) is 0. The van der Waals surface area contributed by atoms with E-state index in [9.17, 15) is 9.59 Å². The Hall–Kier alpha value is -1.88. The minimum absolute atomic E-state index is 0.0443. The maximum atomic E-state index is 12.7. The molecule has 1 aromatic rings. The lowest BCUT2D eigenvalue weighted by molar-refractivity contribution is -0.135. The largest absolute Gasteiger partial charge is 0.339 e. The van der Waals surface area contributed by atoms with Gasteiger partial charge in [-0.1, -0.05) is 12.1 Å². The van der Waals surface area contributed by atoms with Crippen molar-refractivity contribution in [3.05, 3.63) is 47.4 Å². The van der Waals surface area contributed by atoms with Crippen molar-refractivity contribution < 1.29 is 4.79 Å². The van der Waals surface area contributed by atoms with Gasteiger partial charge in [0.25, 0.3) is 5.56 Å². The van der Waals surface area contributed by atoms with Crippen molar-refractivity contribution >= 4 is 5.91 Å². The van der Waals surface area contributed by atoms with Crippen LogP contribution in [0.3, 0.4) is 0 Å². The number of pyridine rings is 1. The quantitative estimate of drug-likeness (QED) is 0.791. The van der Waals surface area contributed by atoms with Gasteiger partial charge in [0.05, 0.1) is 0 Å². The Kier molecular flexibility index (Phi) is 4.66. The van der Waals surface area contributed by atoms with Gasteiger partial charge in [-0.2, -0.15) is 0 Å². The average Bonchev–Trinajstić information content (AvgIpc) is 2.92. The molecule has 0 saturated carbocycles. The zero-order valence-electron chi connectivity index (χ0n) is 13.6. The number of hydrogen-bond acceptors (Lipinski definition) is 3. The summed E-state index contributed by atoms with van der Waals surface area (Å²) in [5.74, 6) is 0.0443. The van der Waals surface area contributed by atoms with Gasteiger partial charge < -0.3 is 9.47 Å². The summed E-state index contributed by atoms with van der Waals surface area (Å²) in [6, 6.07) is 4.98. The molecule has 2 aliphatic rings. The second kappa shape index (κ2) is 6.71. The van der Waals surface area contributed by atoms with Crippen molar-refractivity contribution in [3.63, 3.8) is 0 Å². The second-order valence-corrected chi connectivity index (χ2v) is 6.65. The van der Waals surface area contributed by atoms with Crippen LogP contribution >= 0.6 is 0 Å². The van der Waals surface area contributed by atoms with Crippen molar-refractivity contribution in [1.82, 2.24) is 14.4 Å². The summed E-state index contributed by atoms with van der Waals surface area (Å²) < 4.78 is 1.49. The number of aromatic nitrogens is 1. The van der Waals surface area contributed by atoms with Gasteiger partial charge in [0, 0.05) is 37.4 Å². The molecule has 3 rings (SSSR count). The molecule has 0 aliphatic carbocycles. The second-order valence-electron chi connectivity index (χ2n) is 6.65. The van der Waals surface area contributed by atoms with Crippen LogP contribution in [0.2, 0.25) is 0 Å². The first kappa shape index (κ1) is 16.0. The highest BCUT2D eigenvalue weighted by Gasteiger charge is 2.44. The molecule has 2 fully saturated rings. The van der Waals surface area contributed by atoms with Crippen molar-refractivity contribution in [1.29, 1.82) is 0 Å². The standard InChI is InChI=1S/C18H25N3O2/c1-2-10-21-13-6-9-18(21)8-5-12-20(15-18)17(23)14-19-11-4-3-7-16(19)22/h2-4,7,11H,1,5-6,8-10,12-15H2. The van der Waals surface area contributed by atoms with Gasteiger partial charge >= 0.3 is 0 Å². The van der Waals surface area contributed by atoms with Gasteiger partial charge in [0.2, 0.25) is 5.91 Å². The van der Waals surface area contributed by atoms with Crippen molar-refractivity contribution in [2.24, 2.45) is 0 Å². The third-order valence-electron chi connectivity index (χ3n) is 5.20. The van der Waals surface area contributed by atoms with Gasteiger partial charge in [-0.3, -0.25) is 14.5 Å². The maximum absolute atomic E-state index is 12.7.